The van der Waals surface area contributed by atoms with Gasteiger partial charge in [0.25, 0.3) is 0 Å². The van der Waals surface area contributed by atoms with E-state index in [1.807, 2.05) is 12.1 Å². The van der Waals surface area contributed by atoms with Gasteiger partial charge in [-0.2, -0.15) is 5.26 Å². The lowest BCUT2D eigenvalue weighted by molar-refractivity contribution is 0.282. The van der Waals surface area contributed by atoms with E-state index in [-0.39, 0.29) is 0 Å². The summed E-state index contributed by atoms with van der Waals surface area (Å²) in [5, 5.41) is 21.5. The molecule has 3 heteroatoms. The van der Waals surface area contributed by atoms with E-state index in [0.29, 0.717) is 18.1 Å². The minimum Gasteiger partial charge on any atom is -0.396 e. The summed E-state index contributed by atoms with van der Waals surface area (Å²) in [6.07, 6.45) is 5.68. The summed E-state index contributed by atoms with van der Waals surface area (Å²) in [5.41, 5.74) is 2.49. The van der Waals surface area contributed by atoms with Crippen LogP contribution in [-0.2, 0) is 5.41 Å². The molecule has 0 unspecified atom stereocenters. The van der Waals surface area contributed by atoms with Gasteiger partial charge in [-0.3, -0.25) is 0 Å². The predicted molar refractivity (Wildman–Crippen MR) is 78.3 cm³/mol. The number of fused-ring (bicyclic) bond motifs is 1. The van der Waals surface area contributed by atoms with Crippen molar-refractivity contribution in [2.75, 3.05) is 13.2 Å². The molecule has 0 aliphatic heterocycles. The second-order valence-electron chi connectivity index (χ2n) is 6.19. The summed E-state index contributed by atoms with van der Waals surface area (Å²) in [4.78, 5) is 0. The number of unbranched alkanes of at least 4 members (excludes halogenated alkanes) is 1. The maximum absolute atomic E-state index is 9.04. The van der Waals surface area contributed by atoms with E-state index in [2.05, 4.69) is 23.5 Å². The summed E-state index contributed by atoms with van der Waals surface area (Å²) in [6.45, 7) is 1.30. The molecule has 0 saturated heterocycles. The van der Waals surface area contributed by atoms with Crippen LogP contribution in [0.25, 0.3) is 0 Å². The molecule has 2 N–H and O–H groups in total. The molecule has 3 atom stereocenters. The topological polar surface area (TPSA) is 56.0 Å². The van der Waals surface area contributed by atoms with Crippen LogP contribution in [0.3, 0.4) is 0 Å². The monoisotopic (exact) mass is 270 g/mol. The molecule has 3 nitrogen and oxygen atoms in total. The predicted octanol–water partition coefficient (Wildman–Crippen LogP) is 2.34. The van der Waals surface area contributed by atoms with Gasteiger partial charge in [-0.15, -0.1) is 0 Å². The third-order valence-electron chi connectivity index (χ3n) is 5.08. The van der Waals surface area contributed by atoms with Crippen molar-refractivity contribution >= 4 is 0 Å². The molecular weight excluding hydrogens is 248 g/mol. The van der Waals surface area contributed by atoms with E-state index in [0.717, 1.165) is 30.9 Å². The summed E-state index contributed by atoms with van der Waals surface area (Å²) < 4.78 is 0. The Balaban J connectivity index is 1.62. The van der Waals surface area contributed by atoms with Crippen molar-refractivity contribution in [3.8, 4) is 6.07 Å². The van der Waals surface area contributed by atoms with Crippen LogP contribution in [0.4, 0.5) is 0 Å². The van der Waals surface area contributed by atoms with Gasteiger partial charge in [0.1, 0.15) is 0 Å². The van der Waals surface area contributed by atoms with Crippen molar-refractivity contribution in [2.45, 2.75) is 43.6 Å². The molecule has 2 aliphatic rings. The molecule has 0 radical (unpaired) electrons. The first-order chi connectivity index (χ1) is 9.80. The average molecular weight is 270 g/mol. The fraction of sp³-hybridized carbons (Fsp3) is 0.588. The molecule has 0 aromatic heterocycles. The largest absolute Gasteiger partial charge is 0.396 e. The molecule has 20 heavy (non-hydrogen) atoms. The SMILES string of the molecule is N#Cc1cccc([C@]23CC[C@@H](NCCCCO)[C@H]2C3)c1. The number of nitriles is 1. The summed E-state index contributed by atoms with van der Waals surface area (Å²) in [5.74, 6) is 0.741. The number of hydrogen-bond acceptors (Lipinski definition) is 3. The maximum Gasteiger partial charge on any atom is 0.0991 e. The fourth-order valence-corrected chi connectivity index (χ4v) is 3.91. The molecule has 2 aliphatic carbocycles. The van der Waals surface area contributed by atoms with E-state index in [1.165, 1.54) is 24.8 Å². The Morgan fingerprint density at radius 1 is 1.40 bits per heavy atom. The standard InChI is InChI=1S/C17H22N2O/c18-12-13-4-3-5-14(10-13)17-7-6-16(15(17)11-17)19-8-1-2-9-20/h3-5,10,15-16,19-20H,1-2,6-9,11H2/t15-,16-,17-/m1/s1. The molecular formula is C17H22N2O. The Morgan fingerprint density at radius 3 is 3.05 bits per heavy atom. The van der Waals surface area contributed by atoms with Gasteiger partial charge in [-0.25, -0.2) is 0 Å². The van der Waals surface area contributed by atoms with Crippen LogP contribution >= 0.6 is 0 Å². The average Bonchev–Trinajstić information content (AvgIpc) is 3.14. The number of aliphatic hydroxyl groups is 1. The molecule has 3 rings (SSSR count). The van der Waals surface area contributed by atoms with Crippen LogP contribution in [0, 0.1) is 17.2 Å². The first kappa shape index (κ1) is 13.6. The number of rotatable bonds is 6. The summed E-state index contributed by atoms with van der Waals surface area (Å²) >= 11 is 0. The smallest absolute Gasteiger partial charge is 0.0991 e. The van der Waals surface area contributed by atoms with Crippen molar-refractivity contribution in [1.82, 2.24) is 5.32 Å². The van der Waals surface area contributed by atoms with E-state index in [9.17, 15) is 0 Å². The van der Waals surface area contributed by atoms with E-state index in [4.69, 9.17) is 10.4 Å². The van der Waals surface area contributed by atoms with Gasteiger partial charge in [0, 0.05) is 18.1 Å². The highest BCUT2D eigenvalue weighted by atomic mass is 16.2. The number of nitrogens with zero attached hydrogens (tertiary/aromatic N) is 1. The Hall–Kier alpha value is -1.37. The molecule has 106 valence electrons. The fourth-order valence-electron chi connectivity index (χ4n) is 3.91. The van der Waals surface area contributed by atoms with Crippen LogP contribution in [0.2, 0.25) is 0 Å². The highest BCUT2D eigenvalue weighted by Gasteiger charge is 2.62. The van der Waals surface area contributed by atoms with Gasteiger partial charge >= 0.3 is 0 Å². The second-order valence-corrected chi connectivity index (χ2v) is 6.19. The Morgan fingerprint density at radius 2 is 2.30 bits per heavy atom. The third-order valence-corrected chi connectivity index (χ3v) is 5.08. The highest BCUT2D eigenvalue weighted by Crippen LogP contribution is 2.64. The van der Waals surface area contributed by atoms with Crippen LogP contribution in [0.1, 0.15) is 43.2 Å². The first-order valence-electron chi connectivity index (χ1n) is 7.65. The summed E-state index contributed by atoms with van der Waals surface area (Å²) in [7, 11) is 0. The zero-order valence-corrected chi connectivity index (χ0v) is 11.8. The number of hydrogen-bond donors (Lipinski definition) is 2. The van der Waals surface area contributed by atoms with Crippen LogP contribution in [-0.4, -0.2) is 24.3 Å². The van der Waals surface area contributed by atoms with Gasteiger partial charge < -0.3 is 10.4 Å². The molecule has 0 amide bonds. The number of nitrogens with one attached hydrogen (secondary N) is 1. The normalized spacial score (nSPS) is 30.8. The molecule has 2 fully saturated rings. The zero-order valence-electron chi connectivity index (χ0n) is 11.8. The first-order valence-corrected chi connectivity index (χ1v) is 7.65. The van der Waals surface area contributed by atoms with Gasteiger partial charge in [0.2, 0.25) is 0 Å². The van der Waals surface area contributed by atoms with Crippen molar-refractivity contribution in [3.05, 3.63) is 35.4 Å². The lowest BCUT2D eigenvalue weighted by Crippen LogP contribution is -2.30. The van der Waals surface area contributed by atoms with Crippen molar-refractivity contribution in [3.63, 3.8) is 0 Å². The van der Waals surface area contributed by atoms with E-state index < -0.39 is 0 Å². The Labute approximate surface area is 120 Å². The lowest BCUT2D eigenvalue weighted by atomic mass is 9.92. The lowest BCUT2D eigenvalue weighted by Gasteiger charge is -2.13. The molecule has 2 saturated carbocycles. The van der Waals surface area contributed by atoms with Crippen LogP contribution in [0.5, 0.6) is 0 Å². The van der Waals surface area contributed by atoms with E-state index >= 15 is 0 Å². The van der Waals surface area contributed by atoms with Crippen molar-refractivity contribution in [2.24, 2.45) is 5.92 Å². The minimum atomic E-state index is 0.292. The molecule has 1 aromatic carbocycles. The maximum atomic E-state index is 9.04. The molecule has 0 heterocycles. The quantitative estimate of drug-likeness (QED) is 0.780. The van der Waals surface area contributed by atoms with Gasteiger partial charge in [-0.05, 0) is 62.3 Å². The Bertz CT molecular complexity index is 522. The second kappa shape index (κ2) is 5.55. The van der Waals surface area contributed by atoms with Crippen molar-refractivity contribution < 1.29 is 5.11 Å². The third kappa shape index (κ3) is 2.34. The highest BCUT2D eigenvalue weighted by molar-refractivity contribution is 5.42. The van der Waals surface area contributed by atoms with Crippen LogP contribution < -0.4 is 5.32 Å². The van der Waals surface area contributed by atoms with E-state index in [1.54, 1.807) is 0 Å². The minimum absolute atomic E-state index is 0.292. The number of benzene rings is 1. The molecule has 1 aromatic rings. The number of aliphatic hydroxyl groups excluding tert-OH is 1. The van der Waals surface area contributed by atoms with Crippen molar-refractivity contribution in [1.29, 1.82) is 5.26 Å². The van der Waals surface area contributed by atoms with Gasteiger partial charge in [-0.1, -0.05) is 12.1 Å². The Kier molecular flexibility index (Phi) is 3.78. The zero-order chi connectivity index (χ0) is 14.0. The van der Waals surface area contributed by atoms with Gasteiger partial charge in [0.05, 0.1) is 11.6 Å². The summed E-state index contributed by atoms with van der Waals surface area (Å²) in [6, 6.07) is 11.0. The van der Waals surface area contributed by atoms with Gasteiger partial charge in [0.15, 0.2) is 0 Å². The molecule has 0 spiro atoms. The van der Waals surface area contributed by atoms with Crippen LogP contribution in [0.15, 0.2) is 24.3 Å². The molecule has 0 bridgehead atoms.